The van der Waals surface area contributed by atoms with Crippen LogP contribution in [0.5, 0.6) is 5.75 Å². The molecule has 0 amide bonds. The molecule has 0 aliphatic heterocycles. The van der Waals surface area contributed by atoms with E-state index in [1.54, 1.807) is 6.07 Å². The van der Waals surface area contributed by atoms with E-state index in [1.165, 1.54) is 28.3 Å². The molecule has 7 heteroatoms. The SMILES string of the molecule is O=c1[nH]c2c(O)ccc([C@@H](O)CNCCc3cccc(CNCC(c4ccccc4)c4ccccc4)c3)c2s1. The van der Waals surface area contributed by atoms with E-state index in [4.69, 9.17) is 0 Å². The van der Waals surface area contributed by atoms with Crippen molar-refractivity contribution in [2.45, 2.75) is 25.0 Å². The average Bonchev–Trinajstić information content (AvgIpc) is 3.37. The molecule has 1 atom stereocenters. The van der Waals surface area contributed by atoms with Gasteiger partial charge in [0.15, 0.2) is 0 Å². The molecular weight excluding hydrogens is 506 g/mol. The summed E-state index contributed by atoms with van der Waals surface area (Å²) in [6, 6.07) is 33.0. The Morgan fingerprint density at radius 3 is 2.21 bits per heavy atom. The third kappa shape index (κ3) is 6.82. The van der Waals surface area contributed by atoms with Gasteiger partial charge in [-0.1, -0.05) is 102 Å². The van der Waals surface area contributed by atoms with Crippen LogP contribution < -0.4 is 15.5 Å². The Hall–Kier alpha value is -3.75. The smallest absolute Gasteiger partial charge is 0.305 e. The summed E-state index contributed by atoms with van der Waals surface area (Å²) in [5, 5.41) is 27.7. The number of hydrogen-bond acceptors (Lipinski definition) is 6. The number of phenolic OH excluding ortho intramolecular Hbond substituents is 1. The first kappa shape index (κ1) is 26.8. The quantitative estimate of drug-likeness (QED) is 0.143. The van der Waals surface area contributed by atoms with Crippen LogP contribution in [0.1, 0.15) is 39.8 Å². The summed E-state index contributed by atoms with van der Waals surface area (Å²) in [5.41, 5.74) is 6.09. The summed E-state index contributed by atoms with van der Waals surface area (Å²) in [4.78, 5) is 14.1. The summed E-state index contributed by atoms with van der Waals surface area (Å²) >= 11 is 1.000. The molecule has 4 aromatic carbocycles. The zero-order valence-corrected chi connectivity index (χ0v) is 22.5. The Kier molecular flexibility index (Phi) is 8.85. The van der Waals surface area contributed by atoms with Crippen molar-refractivity contribution in [3.63, 3.8) is 0 Å². The molecule has 0 radical (unpaired) electrons. The van der Waals surface area contributed by atoms with Gasteiger partial charge in [-0.05, 0) is 41.3 Å². The van der Waals surface area contributed by atoms with E-state index in [0.29, 0.717) is 28.9 Å². The van der Waals surface area contributed by atoms with Crippen molar-refractivity contribution < 1.29 is 10.2 Å². The second-order valence-corrected chi connectivity index (χ2v) is 10.7. The number of thiazole rings is 1. The van der Waals surface area contributed by atoms with Crippen LogP contribution in [0.2, 0.25) is 0 Å². The molecule has 0 unspecified atom stereocenters. The van der Waals surface area contributed by atoms with Crippen LogP contribution in [-0.4, -0.2) is 34.8 Å². The van der Waals surface area contributed by atoms with E-state index >= 15 is 0 Å². The standard InChI is InChI=1S/C32H33N3O3S/c36-28-15-14-26(31-30(28)35-32(38)39-31)29(37)21-33-17-16-22-8-7-9-23(18-22)19-34-20-27(24-10-3-1-4-11-24)25-12-5-2-6-13-25/h1-15,18,27,29,33-34,36-37H,16-17,19-21H2,(H,35,38)/t29-/m0/s1. The van der Waals surface area contributed by atoms with Gasteiger partial charge in [0.25, 0.3) is 0 Å². The molecule has 0 fully saturated rings. The monoisotopic (exact) mass is 539 g/mol. The predicted octanol–water partition coefficient (Wildman–Crippen LogP) is 5.08. The van der Waals surface area contributed by atoms with Crippen LogP contribution in [0.15, 0.2) is 102 Å². The summed E-state index contributed by atoms with van der Waals surface area (Å²) in [7, 11) is 0. The van der Waals surface area contributed by atoms with Crippen molar-refractivity contribution in [1.82, 2.24) is 15.6 Å². The van der Waals surface area contributed by atoms with Crippen molar-refractivity contribution >= 4 is 21.6 Å². The van der Waals surface area contributed by atoms with Gasteiger partial charge in [0, 0.05) is 31.1 Å². The number of nitrogens with one attached hydrogen (secondary N) is 3. The largest absolute Gasteiger partial charge is 0.506 e. The summed E-state index contributed by atoms with van der Waals surface area (Å²) in [6.07, 6.45) is 0.0527. The lowest BCUT2D eigenvalue weighted by Crippen LogP contribution is -2.24. The maximum Gasteiger partial charge on any atom is 0.305 e. The Labute approximate surface area is 232 Å². The lowest BCUT2D eigenvalue weighted by Gasteiger charge is -2.19. The first-order valence-corrected chi connectivity index (χ1v) is 14.0. The number of H-pyrrole nitrogens is 1. The molecule has 6 nitrogen and oxygen atoms in total. The second kappa shape index (κ2) is 12.9. The fourth-order valence-electron chi connectivity index (χ4n) is 4.94. The molecular formula is C32H33N3O3S. The number of aromatic amines is 1. The van der Waals surface area contributed by atoms with Gasteiger partial charge < -0.3 is 25.8 Å². The Morgan fingerprint density at radius 2 is 1.49 bits per heavy atom. The number of fused-ring (bicyclic) bond motifs is 1. The number of rotatable bonds is 12. The number of phenols is 1. The van der Waals surface area contributed by atoms with E-state index < -0.39 is 6.10 Å². The highest BCUT2D eigenvalue weighted by molar-refractivity contribution is 7.16. The van der Waals surface area contributed by atoms with E-state index in [0.717, 1.165) is 30.8 Å². The van der Waals surface area contributed by atoms with Gasteiger partial charge in [-0.3, -0.25) is 4.79 Å². The van der Waals surface area contributed by atoms with Crippen LogP contribution in [0.3, 0.4) is 0 Å². The maximum absolute atomic E-state index is 11.7. The van der Waals surface area contributed by atoms with E-state index in [2.05, 4.69) is 101 Å². The van der Waals surface area contributed by atoms with E-state index in [1.807, 2.05) is 0 Å². The molecule has 0 aliphatic rings. The van der Waals surface area contributed by atoms with E-state index in [9.17, 15) is 15.0 Å². The molecule has 0 spiro atoms. The Morgan fingerprint density at radius 1 is 0.795 bits per heavy atom. The van der Waals surface area contributed by atoms with Gasteiger partial charge in [0.2, 0.25) is 0 Å². The number of aromatic hydroxyl groups is 1. The van der Waals surface area contributed by atoms with E-state index in [-0.39, 0.29) is 16.5 Å². The summed E-state index contributed by atoms with van der Waals surface area (Å²) in [5.74, 6) is 0.297. The molecule has 0 aliphatic carbocycles. The Balaban J connectivity index is 1.13. The lowest BCUT2D eigenvalue weighted by atomic mass is 9.91. The number of hydrogen-bond donors (Lipinski definition) is 5. The zero-order chi connectivity index (χ0) is 27.0. The molecule has 1 aromatic heterocycles. The lowest BCUT2D eigenvalue weighted by molar-refractivity contribution is 0.176. The summed E-state index contributed by atoms with van der Waals surface area (Å²) in [6.45, 7) is 2.70. The first-order valence-electron chi connectivity index (χ1n) is 13.2. The molecule has 0 saturated heterocycles. The Bertz CT molecular complexity index is 1510. The molecule has 0 bridgehead atoms. The van der Waals surface area contributed by atoms with Crippen LogP contribution in [0.4, 0.5) is 0 Å². The topological polar surface area (TPSA) is 97.4 Å². The fraction of sp³-hybridized carbons (Fsp3) is 0.219. The third-order valence-electron chi connectivity index (χ3n) is 6.95. The highest BCUT2D eigenvalue weighted by Gasteiger charge is 2.16. The minimum Gasteiger partial charge on any atom is -0.506 e. The number of aromatic nitrogens is 1. The maximum atomic E-state index is 11.7. The van der Waals surface area contributed by atoms with Gasteiger partial charge in [-0.25, -0.2) is 0 Å². The molecule has 5 rings (SSSR count). The molecule has 200 valence electrons. The second-order valence-electron chi connectivity index (χ2n) is 9.69. The van der Waals surface area contributed by atoms with Crippen LogP contribution in [0, 0.1) is 0 Å². The number of aliphatic hydroxyl groups excluding tert-OH is 1. The molecule has 5 aromatic rings. The highest BCUT2D eigenvalue weighted by atomic mass is 32.1. The van der Waals surface area contributed by atoms with Crippen molar-refractivity contribution in [2.24, 2.45) is 0 Å². The van der Waals surface area contributed by atoms with Crippen molar-refractivity contribution in [3.05, 3.63) is 135 Å². The minimum atomic E-state index is -0.780. The first-order chi connectivity index (χ1) is 19.1. The molecule has 0 saturated carbocycles. The summed E-state index contributed by atoms with van der Waals surface area (Å²) < 4.78 is 0.594. The van der Waals surface area contributed by atoms with Gasteiger partial charge in [0.1, 0.15) is 11.3 Å². The van der Waals surface area contributed by atoms with Crippen LogP contribution in [0.25, 0.3) is 10.2 Å². The highest BCUT2D eigenvalue weighted by Crippen LogP contribution is 2.31. The minimum absolute atomic E-state index is 0.0114. The predicted molar refractivity (Wildman–Crippen MR) is 159 cm³/mol. The fourth-order valence-corrected chi connectivity index (χ4v) is 5.86. The molecule has 1 heterocycles. The van der Waals surface area contributed by atoms with Crippen molar-refractivity contribution in [3.8, 4) is 5.75 Å². The van der Waals surface area contributed by atoms with Gasteiger partial charge in [0.05, 0.1) is 10.8 Å². The third-order valence-corrected chi connectivity index (χ3v) is 7.88. The van der Waals surface area contributed by atoms with Gasteiger partial charge in [-0.2, -0.15) is 0 Å². The molecule has 39 heavy (non-hydrogen) atoms. The molecule has 5 N–H and O–H groups in total. The van der Waals surface area contributed by atoms with Gasteiger partial charge >= 0.3 is 4.87 Å². The van der Waals surface area contributed by atoms with Crippen molar-refractivity contribution in [2.75, 3.05) is 19.6 Å². The average molecular weight is 540 g/mol. The van der Waals surface area contributed by atoms with Gasteiger partial charge in [-0.15, -0.1) is 0 Å². The zero-order valence-electron chi connectivity index (χ0n) is 21.6. The van der Waals surface area contributed by atoms with Crippen LogP contribution in [-0.2, 0) is 13.0 Å². The van der Waals surface area contributed by atoms with Crippen LogP contribution >= 0.6 is 11.3 Å². The number of aliphatic hydroxyl groups is 1. The number of benzene rings is 4. The van der Waals surface area contributed by atoms with Crippen molar-refractivity contribution in [1.29, 1.82) is 0 Å². The normalized spacial score (nSPS) is 12.3.